The van der Waals surface area contributed by atoms with Gasteiger partial charge in [-0.15, -0.1) is 0 Å². The summed E-state index contributed by atoms with van der Waals surface area (Å²) in [7, 11) is 0. The zero-order valence-electron chi connectivity index (χ0n) is 15.0. The van der Waals surface area contributed by atoms with Gasteiger partial charge >= 0.3 is 0 Å². The van der Waals surface area contributed by atoms with E-state index < -0.39 is 0 Å². The molecule has 3 rings (SSSR count). The number of amides is 1. The Bertz CT molecular complexity index is 1030. The summed E-state index contributed by atoms with van der Waals surface area (Å²) >= 11 is 3.33. The Morgan fingerprint density at radius 2 is 1.85 bits per heavy atom. The van der Waals surface area contributed by atoms with E-state index in [1.165, 1.54) is 0 Å². The molecule has 1 amide bonds. The van der Waals surface area contributed by atoms with Gasteiger partial charge in [-0.25, -0.2) is 0 Å². The van der Waals surface area contributed by atoms with Gasteiger partial charge < -0.3 is 10.4 Å². The smallest absolute Gasteiger partial charge is 0.255 e. The maximum absolute atomic E-state index is 12.5. The fraction of sp³-hybridized carbons (Fsp3) is 0.0909. The lowest BCUT2D eigenvalue weighted by atomic mass is 10.1. The molecule has 4 nitrogen and oxygen atoms in total. The number of aliphatic imine (C=N–C) groups is 1. The predicted octanol–water partition coefficient (Wildman–Crippen LogP) is 5.77. The number of phenolic OH excluding ortho intramolecular Hbond substituents is 1. The van der Waals surface area contributed by atoms with Crippen LogP contribution in [0, 0.1) is 13.8 Å². The first-order chi connectivity index (χ1) is 12.9. The highest BCUT2D eigenvalue weighted by molar-refractivity contribution is 9.10. The number of anilines is 1. The van der Waals surface area contributed by atoms with Gasteiger partial charge in [0, 0.05) is 23.0 Å². The summed E-state index contributed by atoms with van der Waals surface area (Å²) in [5, 5.41) is 13.0. The van der Waals surface area contributed by atoms with Crippen LogP contribution >= 0.6 is 15.9 Å². The Hall–Kier alpha value is -2.92. The lowest BCUT2D eigenvalue weighted by molar-refractivity contribution is 0.102. The van der Waals surface area contributed by atoms with Crippen LogP contribution in [0.15, 0.2) is 70.1 Å². The topological polar surface area (TPSA) is 61.7 Å². The molecular weight excluding hydrogens is 404 g/mol. The number of nitrogens with one attached hydrogen (secondary N) is 1. The van der Waals surface area contributed by atoms with Crippen LogP contribution in [0.4, 0.5) is 11.4 Å². The molecule has 0 saturated carbocycles. The number of carbonyl (C=O) groups is 1. The van der Waals surface area contributed by atoms with Crippen molar-refractivity contribution in [1.82, 2.24) is 0 Å². The van der Waals surface area contributed by atoms with Gasteiger partial charge in [-0.1, -0.05) is 24.3 Å². The largest absolute Gasteiger partial charge is 0.506 e. The molecule has 0 aliphatic heterocycles. The Kier molecular flexibility index (Phi) is 5.72. The number of benzene rings is 3. The van der Waals surface area contributed by atoms with Crippen molar-refractivity contribution in [3.63, 3.8) is 0 Å². The van der Waals surface area contributed by atoms with Crippen LogP contribution < -0.4 is 5.32 Å². The summed E-state index contributed by atoms with van der Waals surface area (Å²) in [5.41, 5.74) is 4.53. The minimum absolute atomic E-state index is 0.147. The third-order valence-corrected chi connectivity index (χ3v) is 4.69. The van der Waals surface area contributed by atoms with Gasteiger partial charge in [0.2, 0.25) is 0 Å². The maximum atomic E-state index is 12.5. The molecule has 3 aromatic carbocycles. The summed E-state index contributed by atoms with van der Waals surface area (Å²) in [6.45, 7) is 3.85. The summed E-state index contributed by atoms with van der Waals surface area (Å²) in [5.74, 6) is -0.0113. The van der Waals surface area contributed by atoms with Crippen molar-refractivity contribution in [3.8, 4) is 5.75 Å². The molecule has 0 bridgehead atoms. The summed E-state index contributed by atoms with van der Waals surface area (Å²) < 4.78 is 0.628. The minimum atomic E-state index is -0.158. The van der Waals surface area contributed by atoms with Crippen molar-refractivity contribution in [1.29, 1.82) is 0 Å². The van der Waals surface area contributed by atoms with E-state index in [9.17, 15) is 9.90 Å². The summed E-state index contributed by atoms with van der Waals surface area (Å²) in [6, 6.07) is 18.4. The average Bonchev–Trinajstić information content (AvgIpc) is 2.64. The quantitative estimate of drug-likeness (QED) is 0.523. The van der Waals surface area contributed by atoms with Crippen molar-refractivity contribution in [3.05, 3.63) is 87.4 Å². The number of halogens is 1. The molecule has 3 aromatic rings. The Morgan fingerprint density at radius 3 is 2.63 bits per heavy atom. The number of carbonyl (C=O) groups excluding carboxylic acids is 1. The second kappa shape index (κ2) is 8.18. The number of aromatic hydroxyl groups is 1. The van der Waals surface area contributed by atoms with Gasteiger partial charge in [0.15, 0.2) is 0 Å². The number of hydrogen-bond acceptors (Lipinski definition) is 3. The van der Waals surface area contributed by atoms with E-state index in [1.54, 1.807) is 18.3 Å². The molecule has 0 radical (unpaired) electrons. The normalized spacial score (nSPS) is 10.9. The lowest BCUT2D eigenvalue weighted by Gasteiger charge is -2.08. The van der Waals surface area contributed by atoms with Crippen LogP contribution in [0.25, 0.3) is 0 Å². The van der Waals surface area contributed by atoms with Crippen LogP contribution in [0.3, 0.4) is 0 Å². The van der Waals surface area contributed by atoms with E-state index in [-0.39, 0.29) is 11.7 Å². The first-order valence-corrected chi connectivity index (χ1v) is 9.23. The number of aryl methyl sites for hydroxylation is 2. The van der Waals surface area contributed by atoms with Gasteiger partial charge in [0.05, 0.1) is 10.2 Å². The molecule has 0 aliphatic rings. The van der Waals surface area contributed by atoms with Crippen LogP contribution in [-0.2, 0) is 0 Å². The molecule has 0 aliphatic carbocycles. The van der Waals surface area contributed by atoms with Crippen LogP contribution in [-0.4, -0.2) is 17.2 Å². The van der Waals surface area contributed by atoms with Gasteiger partial charge in [-0.3, -0.25) is 9.79 Å². The standard InChI is InChI=1S/C22H19BrN2O2/c1-14-10-16(21(26)20(23)11-14)13-24-17-7-5-8-18(12-17)25-22(27)19-9-4-3-6-15(19)2/h3-13,26H,1-2H3,(H,25,27). The molecular formula is C22H19BrN2O2. The van der Waals surface area contributed by atoms with Gasteiger partial charge in [-0.2, -0.15) is 0 Å². The average molecular weight is 423 g/mol. The zero-order chi connectivity index (χ0) is 19.4. The SMILES string of the molecule is Cc1cc(Br)c(O)c(C=Nc2cccc(NC(=O)c3ccccc3C)c2)c1. The Morgan fingerprint density at radius 1 is 1.07 bits per heavy atom. The molecule has 5 heteroatoms. The second-order valence-corrected chi connectivity index (χ2v) is 7.12. The fourth-order valence-electron chi connectivity index (χ4n) is 2.69. The second-order valence-electron chi connectivity index (χ2n) is 6.26. The van der Waals surface area contributed by atoms with Crippen molar-refractivity contribution in [2.24, 2.45) is 4.99 Å². The monoisotopic (exact) mass is 422 g/mol. The molecule has 27 heavy (non-hydrogen) atoms. The number of nitrogens with zero attached hydrogens (tertiary/aromatic N) is 1. The van der Waals surface area contributed by atoms with Gasteiger partial charge in [0.1, 0.15) is 5.75 Å². The van der Waals surface area contributed by atoms with Crippen LogP contribution in [0.5, 0.6) is 5.75 Å². The first-order valence-electron chi connectivity index (χ1n) is 8.44. The maximum Gasteiger partial charge on any atom is 0.255 e. The molecule has 136 valence electrons. The number of hydrogen-bond donors (Lipinski definition) is 2. The Labute approximate surface area is 166 Å². The fourth-order valence-corrected chi connectivity index (χ4v) is 3.28. The third-order valence-electron chi connectivity index (χ3n) is 4.08. The van der Waals surface area contributed by atoms with Crippen molar-refractivity contribution in [2.75, 3.05) is 5.32 Å². The number of phenols is 1. The van der Waals surface area contributed by atoms with Gasteiger partial charge in [0.25, 0.3) is 5.91 Å². The van der Waals surface area contributed by atoms with Crippen molar-refractivity contribution in [2.45, 2.75) is 13.8 Å². The summed E-state index contributed by atoms with van der Waals surface area (Å²) in [4.78, 5) is 16.9. The van der Waals surface area contributed by atoms with Crippen molar-refractivity contribution < 1.29 is 9.90 Å². The van der Waals surface area contributed by atoms with Crippen LogP contribution in [0.2, 0.25) is 0 Å². The Balaban J connectivity index is 1.80. The molecule has 0 spiro atoms. The third kappa shape index (κ3) is 4.63. The van der Waals surface area contributed by atoms with Gasteiger partial charge in [-0.05, 0) is 77.3 Å². The molecule has 2 N–H and O–H groups in total. The molecule has 0 unspecified atom stereocenters. The predicted molar refractivity (Wildman–Crippen MR) is 113 cm³/mol. The summed E-state index contributed by atoms with van der Waals surface area (Å²) in [6.07, 6.45) is 1.61. The first kappa shape index (κ1) is 18.9. The molecule has 0 atom stereocenters. The highest BCUT2D eigenvalue weighted by atomic mass is 79.9. The van der Waals surface area contributed by atoms with Crippen molar-refractivity contribution >= 4 is 39.4 Å². The molecule has 0 fully saturated rings. The van der Waals surface area contributed by atoms with E-state index in [2.05, 4.69) is 26.2 Å². The minimum Gasteiger partial charge on any atom is -0.506 e. The van der Waals surface area contributed by atoms with E-state index in [0.717, 1.165) is 11.1 Å². The molecule has 0 aromatic heterocycles. The van der Waals surface area contributed by atoms with E-state index in [1.807, 2.05) is 62.4 Å². The van der Waals surface area contributed by atoms with E-state index >= 15 is 0 Å². The van der Waals surface area contributed by atoms with E-state index in [4.69, 9.17) is 0 Å². The zero-order valence-corrected chi connectivity index (χ0v) is 16.6. The molecule has 0 saturated heterocycles. The molecule has 0 heterocycles. The highest BCUT2D eigenvalue weighted by Crippen LogP contribution is 2.29. The van der Waals surface area contributed by atoms with E-state index in [0.29, 0.717) is 27.0 Å². The number of rotatable bonds is 4. The highest BCUT2D eigenvalue weighted by Gasteiger charge is 2.09. The lowest BCUT2D eigenvalue weighted by Crippen LogP contribution is -2.13. The van der Waals surface area contributed by atoms with Crippen LogP contribution in [0.1, 0.15) is 27.0 Å².